The molecule has 278 valence electrons. The van der Waals surface area contributed by atoms with Gasteiger partial charge in [-0.25, -0.2) is 22.3 Å². The number of amides is 4. The number of phenols is 1. The molecule has 0 unspecified atom stereocenters. The molecule has 2 aromatic carbocycles. The maximum absolute atomic E-state index is 14.1. The van der Waals surface area contributed by atoms with Gasteiger partial charge < -0.3 is 35.0 Å². The number of benzene rings is 2. The lowest BCUT2D eigenvalue weighted by Crippen LogP contribution is -2.54. The number of rotatable bonds is 7. The van der Waals surface area contributed by atoms with Crippen molar-refractivity contribution in [2.75, 3.05) is 57.4 Å². The first-order valence-electron chi connectivity index (χ1n) is 18.1. The molecule has 0 bridgehead atoms. The van der Waals surface area contributed by atoms with Crippen LogP contribution in [0.5, 0.6) is 5.75 Å². The third kappa shape index (κ3) is 8.28. The molecule has 4 aliphatic rings. The second-order valence-electron chi connectivity index (χ2n) is 14.8. The molecule has 0 aromatic heterocycles. The van der Waals surface area contributed by atoms with E-state index in [1.807, 2.05) is 29.2 Å². The van der Waals surface area contributed by atoms with Crippen molar-refractivity contribution >= 4 is 33.7 Å². The van der Waals surface area contributed by atoms with Crippen molar-refractivity contribution in [1.29, 1.82) is 0 Å². The fourth-order valence-corrected chi connectivity index (χ4v) is 9.15. The number of nitrogens with one attached hydrogen (secondary N) is 1. The fraction of sp³-hybridized carbons (Fsp3) is 0.595. The van der Waals surface area contributed by atoms with Crippen molar-refractivity contribution in [1.82, 2.24) is 19.0 Å². The Labute approximate surface area is 300 Å². The van der Waals surface area contributed by atoms with Crippen LogP contribution >= 0.6 is 0 Å². The Morgan fingerprint density at radius 3 is 2.18 bits per heavy atom. The van der Waals surface area contributed by atoms with Crippen LogP contribution in [0.25, 0.3) is 0 Å². The summed E-state index contributed by atoms with van der Waals surface area (Å²) in [4.78, 5) is 46.0. The van der Waals surface area contributed by atoms with Gasteiger partial charge in [0.25, 0.3) is 5.91 Å². The van der Waals surface area contributed by atoms with Gasteiger partial charge in [0.05, 0.1) is 11.9 Å². The van der Waals surface area contributed by atoms with Gasteiger partial charge in [-0.15, -0.1) is 0 Å². The SMILES string of the molecule is Cc1cc(C[C@@H](OC(=O)N2CCC(N3CCc4ccccc4NC3=O)CC2)C(=O)N2CCC(C3(O)CCN(S(C)(=O)=O)CC3)CC2)cc(C)c1O. The molecule has 4 amide bonds. The molecule has 2 aromatic rings. The summed E-state index contributed by atoms with van der Waals surface area (Å²) in [6.45, 7) is 6.26. The summed E-state index contributed by atoms with van der Waals surface area (Å²) in [5.41, 5.74) is 3.04. The third-order valence-electron chi connectivity index (χ3n) is 11.4. The number of carbonyl (C=O) groups excluding carboxylic acids is 3. The normalized spacial score (nSPS) is 21.4. The minimum atomic E-state index is -3.32. The lowest BCUT2D eigenvalue weighted by molar-refractivity contribution is -0.145. The molecular formula is C37H51N5O8S. The molecule has 6 rings (SSSR count). The summed E-state index contributed by atoms with van der Waals surface area (Å²) >= 11 is 0. The summed E-state index contributed by atoms with van der Waals surface area (Å²) in [6.07, 6.45) is 3.40. The number of piperidine rings is 3. The second kappa shape index (κ2) is 15.0. The van der Waals surface area contributed by atoms with E-state index in [0.29, 0.717) is 82.4 Å². The summed E-state index contributed by atoms with van der Waals surface area (Å²) in [6, 6.07) is 11.2. The zero-order valence-corrected chi connectivity index (χ0v) is 30.7. The number of anilines is 1. The van der Waals surface area contributed by atoms with Crippen LogP contribution in [0.15, 0.2) is 36.4 Å². The van der Waals surface area contributed by atoms with E-state index in [1.165, 1.54) is 10.6 Å². The van der Waals surface area contributed by atoms with E-state index in [-0.39, 0.29) is 49.2 Å². The van der Waals surface area contributed by atoms with E-state index in [9.17, 15) is 33.0 Å². The highest BCUT2D eigenvalue weighted by atomic mass is 32.2. The topological polar surface area (TPSA) is 160 Å². The van der Waals surface area contributed by atoms with Gasteiger partial charge >= 0.3 is 12.1 Å². The molecule has 0 radical (unpaired) electrons. The monoisotopic (exact) mass is 725 g/mol. The number of sulfonamides is 1. The summed E-state index contributed by atoms with van der Waals surface area (Å²) in [5.74, 6) is -0.195. The van der Waals surface area contributed by atoms with Crippen LogP contribution in [0.2, 0.25) is 0 Å². The highest BCUT2D eigenvalue weighted by Gasteiger charge is 2.44. The van der Waals surface area contributed by atoms with Crippen LogP contribution in [-0.2, 0) is 32.4 Å². The molecule has 13 nitrogen and oxygen atoms in total. The van der Waals surface area contributed by atoms with E-state index in [0.717, 1.165) is 23.2 Å². The number of likely N-dealkylation sites (tertiary alicyclic amines) is 2. The van der Waals surface area contributed by atoms with Crippen LogP contribution in [0.3, 0.4) is 0 Å². The van der Waals surface area contributed by atoms with Gasteiger partial charge in [0.1, 0.15) is 5.75 Å². The van der Waals surface area contributed by atoms with Crippen molar-refractivity contribution in [2.45, 2.75) is 83.0 Å². The van der Waals surface area contributed by atoms with Gasteiger partial charge in [-0.1, -0.05) is 30.3 Å². The largest absolute Gasteiger partial charge is 0.507 e. The minimum Gasteiger partial charge on any atom is -0.507 e. The molecule has 3 fully saturated rings. The van der Waals surface area contributed by atoms with Gasteiger partial charge in [0.15, 0.2) is 6.10 Å². The van der Waals surface area contributed by atoms with Crippen molar-refractivity contribution < 1.29 is 37.8 Å². The number of para-hydroxylation sites is 1. The average Bonchev–Trinajstić information content (AvgIpc) is 3.28. The van der Waals surface area contributed by atoms with Crippen LogP contribution in [0.4, 0.5) is 15.3 Å². The number of ether oxygens (including phenoxy) is 1. The van der Waals surface area contributed by atoms with Crippen LogP contribution < -0.4 is 5.32 Å². The van der Waals surface area contributed by atoms with Crippen molar-refractivity contribution in [3.05, 3.63) is 58.7 Å². The highest BCUT2D eigenvalue weighted by molar-refractivity contribution is 7.88. The number of hydrogen-bond acceptors (Lipinski definition) is 8. The van der Waals surface area contributed by atoms with Gasteiger partial charge in [-0.2, -0.15) is 0 Å². The minimum absolute atomic E-state index is 0.0292. The predicted molar refractivity (Wildman–Crippen MR) is 192 cm³/mol. The molecule has 3 N–H and O–H groups in total. The summed E-state index contributed by atoms with van der Waals surface area (Å²) in [5, 5.41) is 24.8. The molecule has 3 saturated heterocycles. The zero-order chi connectivity index (χ0) is 36.5. The van der Waals surface area contributed by atoms with E-state index in [1.54, 1.807) is 35.8 Å². The van der Waals surface area contributed by atoms with E-state index < -0.39 is 27.8 Å². The molecule has 0 saturated carbocycles. The van der Waals surface area contributed by atoms with Crippen LogP contribution in [0.1, 0.15) is 60.8 Å². The standard InChI is InChI=1S/C37H51N5O8S/c1-25-22-27(23-26(2)33(25)43)24-32(34(44)39-15-9-29(10-16-39)37(47)13-20-41(21-14-37)51(3,48)49)50-36(46)40-17-11-30(12-18-40)42-19-8-28-6-4-5-7-31(28)38-35(42)45/h4-7,22-23,29-30,32,43,47H,8-21,24H2,1-3H3,(H,38,45)/t32-/m1/s1. The van der Waals surface area contributed by atoms with E-state index >= 15 is 0 Å². The quantitative estimate of drug-likeness (QED) is 0.390. The third-order valence-corrected chi connectivity index (χ3v) is 12.7. The molecule has 0 spiro atoms. The number of aromatic hydroxyl groups is 1. The number of nitrogens with zero attached hydrogens (tertiary/aromatic N) is 4. The number of urea groups is 1. The first kappa shape index (κ1) is 36.9. The fourth-order valence-electron chi connectivity index (χ4n) is 8.31. The number of hydrogen-bond donors (Lipinski definition) is 3. The van der Waals surface area contributed by atoms with Crippen LogP contribution in [0, 0.1) is 19.8 Å². The van der Waals surface area contributed by atoms with E-state index in [4.69, 9.17) is 4.74 Å². The van der Waals surface area contributed by atoms with Crippen LogP contribution in [-0.4, -0.2) is 125 Å². The molecular weight excluding hydrogens is 675 g/mol. The zero-order valence-electron chi connectivity index (χ0n) is 29.8. The number of carbonyl (C=O) groups is 3. The van der Waals surface area contributed by atoms with Gasteiger partial charge in [0.2, 0.25) is 10.0 Å². The van der Waals surface area contributed by atoms with Gasteiger partial charge in [-0.05, 0) is 93.0 Å². The number of fused-ring (bicyclic) bond motifs is 1. The first-order valence-corrected chi connectivity index (χ1v) is 19.9. The molecule has 4 heterocycles. The lowest BCUT2D eigenvalue weighted by atomic mass is 9.75. The summed E-state index contributed by atoms with van der Waals surface area (Å²) < 4.78 is 31.4. The maximum atomic E-state index is 14.1. The maximum Gasteiger partial charge on any atom is 0.410 e. The Kier molecular flexibility index (Phi) is 10.9. The molecule has 0 aliphatic carbocycles. The number of phenolic OH excluding ortho intramolecular Hbond substituents is 1. The highest BCUT2D eigenvalue weighted by Crippen LogP contribution is 2.37. The number of aryl methyl sites for hydroxylation is 2. The van der Waals surface area contributed by atoms with Gasteiger partial charge in [-0.3, -0.25) is 4.79 Å². The average molecular weight is 726 g/mol. The summed E-state index contributed by atoms with van der Waals surface area (Å²) in [7, 11) is -3.32. The predicted octanol–water partition coefficient (Wildman–Crippen LogP) is 3.64. The molecule has 4 aliphatic heterocycles. The Balaban J connectivity index is 1.08. The molecule has 1 atom stereocenters. The Morgan fingerprint density at radius 1 is 0.941 bits per heavy atom. The first-order chi connectivity index (χ1) is 24.2. The molecule has 14 heteroatoms. The Bertz CT molecular complexity index is 1700. The lowest BCUT2D eigenvalue weighted by Gasteiger charge is -2.45. The van der Waals surface area contributed by atoms with Crippen molar-refractivity contribution in [2.24, 2.45) is 5.92 Å². The van der Waals surface area contributed by atoms with Crippen molar-refractivity contribution in [3.63, 3.8) is 0 Å². The van der Waals surface area contributed by atoms with Crippen molar-refractivity contribution in [3.8, 4) is 5.75 Å². The smallest absolute Gasteiger partial charge is 0.410 e. The number of aliphatic hydroxyl groups is 1. The Hall–Kier alpha value is -3.88. The van der Waals surface area contributed by atoms with E-state index in [2.05, 4.69) is 5.32 Å². The van der Waals surface area contributed by atoms with Gasteiger partial charge in [0, 0.05) is 64.0 Å². The Morgan fingerprint density at radius 2 is 1.55 bits per heavy atom. The molecule has 51 heavy (non-hydrogen) atoms. The second-order valence-corrected chi connectivity index (χ2v) is 16.8.